The summed E-state index contributed by atoms with van der Waals surface area (Å²) in [5.74, 6) is 0.755. The first kappa shape index (κ1) is 9.86. The van der Waals surface area contributed by atoms with Gasteiger partial charge >= 0.3 is 0 Å². The molecule has 70 valence electrons. The molecule has 0 spiro atoms. The van der Waals surface area contributed by atoms with Gasteiger partial charge in [-0.2, -0.15) is 12.6 Å². The lowest BCUT2D eigenvalue weighted by atomic mass is 10.1. The summed E-state index contributed by atoms with van der Waals surface area (Å²) in [6, 6.07) is 0.339. The van der Waals surface area contributed by atoms with Gasteiger partial charge in [0.05, 0.1) is 0 Å². The van der Waals surface area contributed by atoms with Gasteiger partial charge in [-0.3, -0.25) is 4.79 Å². The maximum Gasteiger partial charge on any atom is 0.221 e. The van der Waals surface area contributed by atoms with Crippen LogP contribution in [0, 0.1) is 0 Å². The third-order valence-corrected chi connectivity index (χ3v) is 2.22. The van der Waals surface area contributed by atoms with Gasteiger partial charge in [0.15, 0.2) is 0 Å². The first-order valence-corrected chi connectivity index (χ1v) is 5.07. The lowest BCUT2D eigenvalue weighted by molar-refractivity contribution is -0.121. The van der Waals surface area contributed by atoms with E-state index in [4.69, 9.17) is 0 Å². The van der Waals surface area contributed by atoms with E-state index in [1.165, 1.54) is 0 Å². The Bertz CT molecular complexity index is 146. The Hall–Kier alpha value is -0.220. The predicted octanol–water partition coefficient (Wildman–Crippen LogP) is 0.174. The van der Waals surface area contributed by atoms with Crippen LogP contribution in [0.4, 0.5) is 0 Å². The lowest BCUT2D eigenvalue weighted by Gasteiger charge is -2.23. The van der Waals surface area contributed by atoms with Crippen molar-refractivity contribution in [2.45, 2.75) is 25.3 Å². The molecule has 0 aliphatic carbocycles. The minimum absolute atomic E-state index is 0.124. The molecule has 0 aromatic rings. The summed E-state index contributed by atoms with van der Waals surface area (Å²) in [5.41, 5.74) is 0. The molecule has 1 atom stereocenters. The summed E-state index contributed by atoms with van der Waals surface area (Å²) in [4.78, 5) is 11.1. The van der Waals surface area contributed by atoms with Crippen molar-refractivity contribution in [3.63, 3.8) is 0 Å². The van der Waals surface area contributed by atoms with Crippen molar-refractivity contribution in [1.82, 2.24) is 10.6 Å². The van der Waals surface area contributed by atoms with Gasteiger partial charge in [-0.25, -0.2) is 0 Å². The van der Waals surface area contributed by atoms with E-state index in [0.717, 1.165) is 25.9 Å². The zero-order chi connectivity index (χ0) is 8.81. The van der Waals surface area contributed by atoms with Crippen molar-refractivity contribution in [2.75, 3.05) is 18.8 Å². The largest absolute Gasteiger partial charge is 0.352 e. The molecule has 1 aliphatic rings. The predicted molar refractivity (Wildman–Crippen MR) is 52.5 cm³/mol. The van der Waals surface area contributed by atoms with E-state index in [-0.39, 0.29) is 5.91 Å². The van der Waals surface area contributed by atoms with Gasteiger partial charge in [0, 0.05) is 19.0 Å². The van der Waals surface area contributed by atoms with Crippen LogP contribution in [0.2, 0.25) is 0 Å². The normalized spacial score (nSPS) is 23.6. The monoisotopic (exact) mass is 188 g/mol. The van der Waals surface area contributed by atoms with Crippen LogP contribution < -0.4 is 10.6 Å². The number of hydrogen-bond donors (Lipinski definition) is 3. The van der Waals surface area contributed by atoms with Crippen LogP contribution in [-0.2, 0) is 4.79 Å². The standard InChI is InChI=1S/C8H16N2OS/c11-8(3-5-12)10-7-2-1-4-9-6-7/h7,9,12H,1-6H2,(H,10,11). The summed E-state index contributed by atoms with van der Waals surface area (Å²) in [5, 5.41) is 6.22. The zero-order valence-electron chi connectivity index (χ0n) is 7.18. The first-order chi connectivity index (χ1) is 5.83. The molecule has 0 saturated carbocycles. The summed E-state index contributed by atoms with van der Waals surface area (Å²) in [7, 11) is 0. The Morgan fingerprint density at radius 2 is 2.50 bits per heavy atom. The van der Waals surface area contributed by atoms with Crippen molar-refractivity contribution < 1.29 is 4.79 Å². The Morgan fingerprint density at radius 1 is 1.67 bits per heavy atom. The molecule has 12 heavy (non-hydrogen) atoms. The summed E-state index contributed by atoms with van der Waals surface area (Å²) < 4.78 is 0. The number of nitrogens with one attached hydrogen (secondary N) is 2. The number of amides is 1. The van der Waals surface area contributed by atoms with Crippen LogP contribution >= 0.6 is 12.6 Å². The van der Waals surface area contributed by atoms with Crippen LogP contribution in [0.15, 0.2) is 0 Å². The van der Waals surface area contributed by atoms with Gasteiger partial charge in [0.25, 0.3) is 0 Å². The second kappa shape index (κ2) is 5.43. The highest BCUT2D eigenvalue weighted by atomic mass is 32.1. The Morgan fingerprint density at radius 3 is 3.08 bits per heavy atom. The summed E-state index contributed by atoms with van der Waals surface area (Å²) in [6.07, 6.45) is 2.79. The molecule has 1 rings (SSSR count). The number of hydrogen-bond acceptors (Lipinski definition) is 3. The fourth-order valence-electron chi connectivity index (χ4n) is 1.38. The molecule has 3 nitrogen and oxygen atoms in total. The van der Waals surface area contributed by atoms with Crippen LogP contribution in [0.25, 0.3) is 0 Å². The van der Waals surface area contributed by atoms with E-state index in [1.807, 2.05) is 0 Å². The fraction of sp³-hybridized carbons (Fsp3) is 0.875. The van der Waals surface area contributed by atoms with Gasteiger partial charge < -0.3 is 10.6 Å². The number of thiol groups is 1. The molecule has 4 heteroatoms. The zero-order valence-corrected chi connectivity index (χ0v) is 8.07. The highest BCUT2D eigenvalue weighted by Crippen LogP contribution is 2.01. The van der Waals surface area contributed by atoms with Crippen molar-refractivity contribution in [3.8, 4) is 0 Å². The van der Waals surface area contributed by atoms with Gasteiger partial charge in [0.1, 0.15) is 0 Å². The van der Waals surface area contributed by atoms with Gasteiger partial charge in [-0.05, 0) is 25.1 Å². The second-order valence-electron chi connectivity index (χ2n) is 3.08. The van der Waals surface area contributed by atoms with Gasteiger partial charge in [0.2, 0.25) is 5.91 Å². The minimum atomic E-state index is 0.124. The van der Waals surface area contributed by atoms with E-state index in [1.54, 1.807) is 0 Å². The average molecular weight is 188 g/mol. The first-order valence-electron chi connectivity index (χ1n) is 4.44. The molecular formula is C8H16N2OS. The van der Waals surface area contributed by atoms with E-state index >= 15 is 0 Å². The molecule has 1 saturated heterocycles. The molecule has 1 fully saturated rings. The van der Waals surface area contributed by atoms with Crippen LogP contribution in [0.3, 0.4) is 0 Å². The maximum atomic E-state index is 11.1. The molecule has 1 aliphatic heterocycles. The second-order valence-corrected chi connectivity index (χ2v) is 3.53. The topological polar surface area (TPSA) is 41.1 Å². The number of rotatable bonds is 3. The average Bonchev–Trinajstić information content (AvgIpc) is 2.06. The van der Waals surface area contributed by atoms with E-state index in [2.05, 4.69) is 23.3 Å². The molecule has 0 bridgehead atoms. The van der Waals surface area contributed by atoms with Crippen LogP contribution in [-0.4, -0.2) is 30.8 Å². The number of piperidine rings is 1. The fourth-order valence-corrected chi connectivity index (χ4v) is 1.58. The number of carbonyl (C=O) groups excluding carboxylic acids is 1. The molecule has 0 radical (unpaired) electrons. The molecule has 0 aromatic heterocycles. The van der Waals surface area contributed by atoms with Crippen molar-refractivity contribution in [3.05, 3.63) is 0 Å². The van der Waals surface area contributed by atoms with Crippen molar-refractivity contribution in [2.24, 2.45) is 0 Å². The molecule has 2 N–H and O–H groups in total. The highest BCUT2D eigenvalue weighted by Gasteiger charge is 2.14. The van der Waals surface area contributed by atoms with Crippen molar-refractivity contribution >= 4 is 18.5 Å². The van der Waals surface area contributed by atoms with Crippen LogP contribution in [0.1, 0.15) is 19.3 Å². The smallest absolute Gasteiger partial charge is 0.221 e. The molecule has 1 unspecified atom stereocenters. The van der Waals surface area contributed by atoms with E-state index < -0.39 is 0 Å². The highest BCUT2D eigenvalue weighted by molar-refractivity contribution is 7.80. The van der Waals surface area contributed by atoms with Crippen molar-refractivity contribution in [1.29, 1.82) is 0 Å². The minimum Gasteiger partial charge on any atom is -0.352 e. The van der Waals surface area contributed by atoms with Gasteiger partial charge in [-0.15, -0.1) is 0 Å². The molecular weight excluding hydrogens is 172 g/mol. The molecule has 1 amide bonds. The van der Waals surface area contributed by atoms with E-state index in [9.17, 15) is 4.79 Å². The lowest BCUT2D eigenvalue weighted by Crippen LogP contribution is -2.45. The number of carbonyl (C=O) groups is 1. The maximum absolute atomic E-state index is 11.1. The summed E-state index contributed by atoms with van der Waals surface area (Å²) >= 11 is 4.00. The summed E-state index contributed by atoms with van der Waals surface area (Å²) in [6.45, 7) is 2.00. The van der Waals surface area contributed by atoms with Gasteiger partial charge in [-0.1, -0.05) is 0 Å². The molecule has 0 aromatic carbocycles. The Balaban J connectivity index is 2.15. The quantitative estimate of drug-likeness (QED) is 0.553. The SMILES string of the molecule is O=C(CCS)NC1CCCNC1. The third-order valence-electron chi connectivity index (χ3n) is 2.00. The Kier molecular flexibility index (Phi) is 4.46. The van der Waals surface area contributed by atoms with E-state index in [0.29, 0.717) is 18.2 Å². The molecule has 1 heterocycles. The third kappa shape index (κ3) is 3.45. The van der Waals surface area contributed by atoms with Crippen LogP contribution in [0.5, 0.6) is 0 Å². The Labute approximate surface area is 78.7 Å².